The van der Waals surface area contributed by atoms with Crippen molar-refractivity contribution in [2.75, 3.05) is 13.2 Å². The van der Waals surface area contributed by atoms with Crippen molar-refractivity contribution in [1.29, 1.82) is 0 Å². The number of aliphatic hydroxyl groups excluding tert-OH is 1. The quantitative estimate of drug-likeness (QED) is 0.295. The molecule has 10 heteroatoms. The summed E-state index contributed by atoms with van der Waals surface area (Å²) in [7, 11) is -10.3. The molecule has 1 unspecified atom stereocenters. The highest BCUT2D eigenvalue weighted by Gasteiger charge is 2.42. The molecule has 0 rings (SSSR count). The van der Waals surface area contributed by atoms with Gasteiger partial charge in [0.2, 0.25) is 4.58 Å². The molecule has 0 aromatic carbocycles. The van der Waals surface area contributed by atoms with E-state index in [1.54, 1.807) is 0 Å². The normalized spacial score (nSPS) is 15.0. The van der Waals surface area contributed by atoms with Crippen LogP contribution in [-0.4, -0.2) is 54.9 Å². The van der Waals surface area contributed by atoms with Crippen LogP contribution in [-0.2, 0) is 25.0 Å². The van der Waals surface area contributed by atoms with Crippen molar-refractivity contribution in [3.63, 3.8) is 0 Å². The van der Waals surface area contributed by atoms with E-state index >= 15 is 0 Å². The fourth-order valence-corrected chi connectivity index (χ4v) is 3.08. The lowest BCUT2D eigenvalue weighted by atomic mass is 10.4. The van der Waals surface area contributed by atoms with E-state index in [4.69, 9.17) is 14.2 Å². The van der Waals surface area contributed by atoms with Gasteiger partial charge in [-0.3, -0.25) is 9.11 Å². The molecule has 1 atom stereocenters. The van der Waals surface area contributed by atoms with Gasteiger partial charge in [-0.05, 0) is 0 Å². The zero-order valence-corrected chi connectivity index (χ0v) is 9.69. The number of hydrogen-bond acceptors (Lipinski definition) is 6. The SMILES string of the molecule is C=CCOCC(O)C(S(=O)(=O)O)S(=O)(=O)O. The first-order valence-corrected chi connectivity index (χ1v) is 6.90. The van der Waals surface area contributed by atoms with E-state index in [0.717, 1.165) is 0 Å². The predicted molar refractivity (Wildman–Crippen MR) is 53.9 cm³/mol. The molecule has 0 radical (unpaired) electrons. The van der Waals surface area contributed by atoms with Gasteiger partial charge in [0, 0.05) is 0 Å². The summed E-state index contributed by atoms with van der Waals surface area (Å²) in [6.07, 6.45) is -0.826. The van der Waals surface area contributed by atoms with E-state index in [1.807, 2.05) is 0 Å². The van der Waals surface area contributed by atoms with E-state index < -0.39 is 37.5 Å². The summed E-state index contributed by atoms with van der Waals surface area (Å²) in [5.41, 5.74) is 0. The van der Waals surface area contributed by atoms with Crippen molar-refractivity contribution in [1.82, 2.24) is 0 Å². The molecular weight excluding hydrogens is 264 g/mol. The lowest BCUT2D eigenvalue weighted by molar-refractivity contribution is 0.0545. The summed E-state index contributed by atoms with van der Waals surface area (Å²) in [6.45, 7) is 2.51. The summed E-state index contributed by atoms with van der Waals surface area (Å²) in [6, 6.07) is 0. The van der Waals surface area contributed by atoms with E-state index in [0.29, 0.717) is 0 Å². The molecule has 0 aromatic heterocycles. The second kappa shape index (κ2) is 5.70. The van der Waals surface area contributed by atoms with Crippen LogP contribution in [0.2, 0.25) is 0 Å². The third-order valence-electron chi connectivity index (χ3n) is 1.43. The summed E-state index contributed by atoms with van der Waals surface area (Å²) in [5.74, 6) is 0. The highest BCUT2D eigenvalue weighted by Crippen LogP contribution is 2.12. The summed E-state index contributed by atoms with van der Waals surface area (Å²) < 4.78 is 61.5. The van der Waals surface area contributed by atoms with Crippen molar-refractivity contribution in [3.8, 4) is 0 Å². The molecule has 0 aliphatic rings. The average molecular weight is 276 g/mol. The molecule has 0 aliphatic carbocycles. The van der Waals surface area contributed by atoms with Crippen LogP contribution in [0.5, 0.6) is 0 Å². The van der Waals surface area contributed by atoms with Gasteiger partial charge in [0.25, 0.3) is 20.2 Å². The minimum Gasteiger partial charge on any atom is -0.388 e. The third-order valence-corrected chi connectivity index (χ3v) is 4.69. The van der Waals surface area contributed by atoms with Crippen LogP contribution >= 0.6 is 0 Å². The number of hydrogen-bond donors (Lipinski definition) is 3. The molecule has 96 valence electrons. The molecule has 0 fully saturated rings. The van der Waals surface area contributed by atoms with Crippen molar-refractivity contribution < 1.29 is 35.8 Å². The molecule has 3 N–H and O–H groups in total. The Kier molecular flexibility index (Phi) is 5.52. The van der Waals surface area contributed by atoms with Gasteiger partial charge in [-0.15, -0.1) is 6.58 Å². The largest absolute Gasteiger partial charge is 0.388 e. The maximum atomic E-state index is 10.6. The molecule has 0 aliphatic heterocycles. The summed E-state index contributed by atoms with van der Waals surface area (Å²) in [4.78, 5) is 0. The molecule has 0 bridgehead atoms. The van der Waals surface area contributed by atoms with E-state index in [9.17, 15) is 16.8 Å². The van der Waals surface area contributed by atoms with Crippen LogP contribution in [0.4, 0.5) is 0 Å². The molecule has 0 saturated heterocycles. The van der Waals surface area contributed by atoms with E-state index in [2.05, 4.69) is 11.3 Å². The second-order valence-electron chi connectivity index (χ2n) is 2.79. The van der Waals surface area contributed by atoms with Gasteiger partial charge in [0.15, 0.2) is 0 Å². The smallest absolute Gasteiger partial charge is 0.287 e. The molecule has 0 spiro atoms. The Morgan fingerprint density at radius 3 is 1.94 bits per heavy atom. The predicted octanol–water partition coefficient (Wildman–Crippen LogP) is -1.35. The highest BCUT2D eigenvalue weighted by molar-refractivity contribution is 8.04. The molecule has 0 saturated carbocycles. The Hall–Kier alpha value is -0.520. The van der Waals surface area contributed by atoms with Gasteiger partial charge in [0.1, 0.15) is 6.10 Å². The van der Waals surface area contributed by atoms with Crippen LogP contribution in [0.15, 0.2) is 12.7 Å². The maximum absolute atomic E-state index is 10.6. The highest BCUT2D eigenvalue weighted by atomic mass is 32.3. The maximum Gasteiger partial charge on any atom is 0.287 e. The van der Waals surface area contributed by atoms with E-state index in [1.165, 1.54) is 6.08 Å². The molecule has 0 aromatic rings. The monoisotopic (exact) mass is 276 g/mol. The average Bonchev–Trinajstić information content (AvgIpc) is 1.98. The van der Waals surface area contributed by atoms with Gasteiger partial charge in [-0.25, -0.2) is 0 Å². The molecule has 16 heavy (non-hydrogen) atoms. The molecule has 8 nitrogen and oxygen atoms in total. The first-order chi connectivity index (χ1) is 7.10. The van der Waals surface area contributed by atoms with Gasteiger partial charge >= 0.3 is 0 Å². The summed E-state index contributed by atoms with van der Waals surface area (Å²) >= 11 is 0. The Labute approximate surface area is 93.0 Å². The van der Waals surface area contributed by atoms with Crippen molar-refractivity contribution in [2.45, 2.75) is 10.7 Å². The van der Waals surface area contributed by atoms with Crippen molar-refractivity contribution in [2.24, 2.45) is 0 Å². The Morgan fingerprint density at radius 2 is 1.62 bits per heavy atom. The van der Waals surface area contributed by atoms with Gasteiger partial charge < -0.3 is 9.84 Å². The van der Waals surface area contributed by atoms with Crippen LogP contribution in [0.25, 0.3) is 0 Å². The van der Waals surface area contributed by atoms with Crippen LogP contribution < -0.4 is 0 Å². The zero-order valence-electron chi connectivity index (χ0n) is 8.05. The lowest BCUT2D eigenvalue weighted by Crippen LogP contribution is -2.42. The molecule has 0 heterocycles. The molecule has 0 amide bonds. The first kappa shape index (κ1) is 15.5. The zero-order chi connectivity index (χ0) is 13.0. The standard InChI is InChI=1S/C6H12O8S2/c1-2-3-14-4-5(7)6(15(8,9)10)16(11,12)13/h2,5-7H,1,3-4H2,(H,8,9,10)(H,11,12,13). The first-order valence-electron chi connectivity index (χ1n) is 3.90. The fraction of sp³-hybridized carbons (Fsp3) is 0.667. The Balaban J connectivity index is 4.88. The topological polar surface area (TPSA) is 138 Å². The van der Waals surface area contributed by atoms with Crippen molar-refractivity contribution >= 4 is 20.2 Å². The third kappa shape index (κ3) is 5.01. The number of rotatable bonds is 7. The van der Waals surface area contributed by atoms with Gasteiger partial charge in [-0.2, -0.15) is 16.8 Å². The Bertz CT molecular complexity index is 389. The minimum atomic E-state index is -5.15. The Morgan fingerprint density at radius 1 is 1.19 bits per heavy atom. The van der Waals surface area contributed by atoms with Crippen LogP contribution in [0.1, 0.15) is 0 Å². The fourth-order valence-electron chi connectivity index (χ4n) is 0.901. The molecular formula is C6H12O8S2. The van der Waals surface area contributed by atoms with Gasteiger partial charge in [0.05, 0.1) is 13.2 Å². The lowest BCUT2D eigenvalue weighted by Gasteiger charge is -2.16. The van der Waals surface area contributed by atoms with Crippen LogP contribution in [0.3, 0.4) is 0 Å². The van der Waals surface area contributed by atoms with Gasteiger partial charge in [-0.1, -0.05) is 6.08 Å². The minimum absolute atomic E-state index is 0.0548. The van der Waals surface area contributed by atoms with Crippen molar-refractivity contribution in [3.05, 3.63) is 12.7 Å². The number of aliphatic hydroxyl groups is 1. The number of ether oxygens (including phenoxy) is 1. The van der Waals surface area contributed by atoms with Crippen LogP contribution in [0, 0.1) is 0 Å². The van der Waals surface area contributed by atoms with E-state index in [-0.39, 0.29) is 6.61 Å². The second-order valence-corrected chi connectivity index (χ2v) is 6.17. The summed E-state index contributed by atoms with van der Waals surface area (Å²) in [5, 5.41) is 9.17.